The van der Waals surface area contributed by atoms with E-state index in [0.29, 0.717) is 22.4 Å². The molecule has 2 aromatic carbocycles. The maximum atomic E-state index is 14.4. The molecule has 0 saturated heterocycles. The van der Waals surface area contributed by atoms with Gasteiger partial charge in [0.2, 0.25) is 0 Å². The van der Waals surface area contributed by atoms with E-state index in [1.807, 2.05) is 57.4 Å². The van der Waals surface area contributed by atoms with Crippen LogP contribution in [0.5, 0.6) is 0 Å². The summed E-state index contributed by atoms with van der Waals surface area (Å²) >= 11 is 3.43. The fourth-order valence-electron chi connectivity index (χ4n) is 3.78. The summed E-state index contributed by atoms with van der Waals surface area (Å²) in [5, 5.41) is 5.04. The number of fused-ring (bicyclic) bond motifs is 1. The Balaban J connectivity index is 1.88. The van der Waals surface area contributed by atoms with Gasteiger partial charge in [0.15, 0.2) is 0 Å². The van der Waals surface area contributed by atoms with Crippen LogP contribution >= 0.6 is 15.9 Å². The molecule has 0 radical (unpaired) electrons. The van der Waals surface area contributed by atoms with Crippen molar-refractivity contribution in [2.75, 3.05) is 0 Å². The highest BCUT2D eigenvalue weighted by Gasteiger charge is 2.23. The van der Waals surface area contributed by atoms with Crippen molar-refractivity contribution in [1.29, 1.82) is 0 Å². The molecule has 5 nitrogen and oxygen atoms in total. The summed E-state index contributed by atoms with van der Waals surface area (Å²) < 4.78 is 18.4. The van der Waals surface area contributed by atoms with Crippen molar-refractivity contribution in [2.45, 2.75) is 40.0 Å². The Kier molecular flexibility index (Phi) is 5.63. The highest BCUT2D eigenvalue weighted by Crippen LogP contribution is 2.24. The topological polar surface area (TPSA) is 52.2 Å². The third-order valence-electron chi connectivity index (χ3n) is 5.36. The summed E-state index contributed by atoms with van der Waals surface area (Å²) in [6, 6.07) is 14.0. The lowest BCUT2D eigenvalue weighted by Crippen LogP contribution is -2.29. The molecule has 4 aromatic rings. The van der Waals surface area contributed by atoms with Crippen LogP contribution in [0.4, 0.5) is 4.39 Å². The van der Waals surface area contributed by atoms with Gasteiger partial charge < -0.3 is 4.57 Å². The molecule has 0 amide bonds. The molecule has 4 rings (SSSR count). The van der Waals surface area contributed by atoms with Crippen molar-refractivity contribution in [3.8, 4) is 5.69 Å². The van der Waals surface area contributed by atoms with Gasteiger partial charge in [0, 0.05) is 26.8 Å². The lowest BCUT2D eigenvalue weighted by atomic mass is 9.95. The number of rotatable bonds is 3. The first-order valence-electron chi connectivity index (χ1n) is 10.3. The van der Waals surface area contributed by atoms with Crippen LogP contribution in [0.15, 0.2) is 62.9 Å². The fourth-order valence-corrected chi connectivity index (χ4v) is 4.14. The number of para-hydroxylation sites is 1. The van der Waals surface area contributed by atoms with Crippen LogP contribution in [0.1, 0.15) is 43.5 Å². The van der Waals surface area contributed by atoms with E-state index in [0.717, 1.165) is 21.4 Å². The first-order chi connectivity index (χ1) is 15.1. The molecule has 2 aromatic heterocycles. The van der Waals surface area contributed by atoms with Crippen molar-refractivity contribution < 1.29 is 4.39 Å². The molecular formula is C25H24BrFN4O. The van der Waals surface area contributed by atoms with Crippen LogP contribution in [0.2, 0.25) is 0 Å². The first-order valence-corrected chi connectivity index (χ1v) is 11.1. The molecule has 32 heavy (non-hydrogen) atoms. The lowest BCUT2D eigenvalue weighted by molar-refractivity contribution is 0.506. The maximum Gasteiger partial charge on any atom is 0.282 e. The van der Waals surface area contributed by atoms with Crippen LogP contribution in [-0.4, -0.2) is 20.4 Å². The Morgan fingerprint density at radius 2 is 1.81 bits per heavy atom. The molecule has 0 fully saturated rings. The fraction of sp³-hybridized carbons (Fsp3) is 0.240. The number of halogens is 2. The van der Waals surface area contributed by atoms with Gasteiger partial charge in [-0.3, -0.25) is 4.79 Å². The lowest BCUT2D eigenvalue weighted by Gasteiger charge is -2.20. The summed E-state index contributed by atoms with van der Waals surface area (Å²) in [6.07, 6.45) is 1.64. The maximum absolute atomic E-state index is 14.4. The number of aromatic nitrogens is 3. The smallest absolute Gasteiger partial charge is 0.282 e. The molecular weight excluding hydrogens is 471 g/mol. The second-order valence-corrected chi connectivity index (χ2v) is 9.74. The van der Waals surface area contributed by atoms with Gasteiger partial charge in [-0.2, -0.15) is 9.78 Å². The minimum Gasteiger partial charge on any atom is -0.315 e. The van der Waals surface area contributed by atoms with Crippen molar-refractivity contribution in [3.63, 3.8) is 0 Å². The highest BCUT2D eigenvalue weighted by atomic mass is 79.9. The van der Waals surface area contributed by atoms with E-state index in [4.69, 9.17) is 4.98 Å². The van der Waals surface area contributed by atoms with E-state index in [9.17, 15) is 9.18 Å². The molecule has 7 heteroatoms. The third kappa shape index (κ3) is 3.93. The van der Waals surface area contributed by atoms with Gasteiger partial charge in [0.1, 0.15) is 11.6 Å². The van der Waals surface area contributed by atoms with E-state index in [-0.39, 0.29) is 11.4 Å². The summed E-state index contributed by atoms with van der Waals surface area (Å²) in [4.78, 5) is 18.1. The molecule has 0 N–H and O–H groups in total. The minimum absolute atomic E-state index is 0.236. The van der Waals surface area contributed by atoms with Crippen LogP contribution in [0, 0.1) is 19.7 Å². The van der Waals surface area contributed by atoms with Gasteiger partial charge in [-0.1, -0.05) is 48.8 Å². The SMILES string of the molecule is Cc1cc(C=Nn2c(C(C)(C)C)nc3ccc(Br)cc3c2=O)c(C)n1-c1ccccc1F. The van der Waals surface area contributed by atoms with E-state index in [1.165, 1.54) is 10.7 Å². The summed E-state index contributed by atoms with van der Waals surface area (Å²) in [6.45, 7) is 9.81. The Labute approximate surface area is 194 Å². The molecule has 0 saturated carbocycles. The van der Waals surface area contributed by atoms with Crippen molar-refractivity contribution in [2.24, 2.45) is 5.10 Å². The van der Waals surface area contributed by atoms with Gasteiger partial charge in [-0.05, 0) is 50.2 Å². The van der Waals surface area contributed by atoms with Crippen molar-refractivity contribution in [3.05, 3.63) is 92.0 Å². The second kappa shape index (κ2) is 8.13. The molecule has 0 unspecified atom stereocenters. The van der Waals surface area contributed by atoms with Gasteiger partial charge in [0.05, 0.1) is 22.8 Å². The third-order valence-corrected chi connectivity index (χ3v) is 5.85. The van der Waals surface area contributed by atoms with Gasteiger partial charge >= 0.3 is 0 Å². The number of hydrogen-bond acceptors (Lipinski definition) is 3. The zero-order chi connectivity index (χ0) is 23.2. The van der Waals surface area contributed by atoms with Crippen molar-refractivity contribution in [1.82, 2.24) is 14.2 Å². The Bertz CT molecular complexity index is 1430. The predicted molar refractivity (Wildman–Crippen MR) is 131 cm³/mol. The predicted octanol–water partition coefficient (Wildman–Crippen LogP) is 5.89. The average Bonchev–Trinajstić information content (AvgIpc) is 3.00. The molecule has 2 heterocycles. The van der Waals surface area contributed by atoms with Crippen molar-refractivity contribution >= 4 is 33.0 Å². The standard InChI is InChI=1S/C25H24BrFN4O/c1-15-12-17(16(2)30(15)22-9-7-6-8-20(22)27)14-28-31-23(32)19-13-18(26)10-11-21(19)29-24(31)25(3,4)5/h6-14H,1-5H3. The molecule has 0 aliphatic heterocycles. The quantitative estimate of drug-likeness (QED) is 0.333. The number of benzene rings is 2. The molecule has 164 valence electrons. The molecule has 0 atom stereocenters. The zero-order valence-corrected chi connectivity index (χ0v) is 20.2. The minimum atomic E-state index is -0.401. The van der Waals surface area contributed by atoms with Crippen LogP contribution < -0.4 is 5.56 Å². The molecule has 0 aliphatic rings. The average molecular weight is 495 g/mol. The van der Waals surface area contributed by atoms with E-state index >= 15 is 0 Å². The summed E-state index contributed by atoms with van der Waals surface area (Å²) in [5.74, 6) is 0.268. The Hall–Kier alpha value is -3.06. The van der Waals surface area contributed by atoms with E-state index < -0.39 is 5.41 Å². The Morgan fingerprint density at radius 1 is 1.09 bits per heavy atom. The zero-order valence-electron chi connectivity index (χ0n) is 18.6. The second-order valence-electron chi connectivity index (χ2n) is 8.82. The first kappa shape index (κ1) is 22.1. The van der Waals surface area contributed by atoms with Gasteiger partial charge in [-0.25, -0.2) is 9.37 Å². The molecule has 0 spiro atoms. The van der Waals surface area contributed by atoms with Gasteiger partial charge in [0.25, 0.3) is 5.56 Å². The number of aryl methyl sites for hydroxylation is 1. The monoisotopic (exact) mass is 494 g/mol. The van der Waals surface area contributed by atoms with Crippen LogP contribution in [0.3, 0.4) is 0 Å². The van der Waals surface area contributed by atoms with Gasteiger partial charge in [-0.15, -0.1) is 0 Å². The largest absolute Gasteiger partial charge is 0.315 e. The molecule has 0 aliphatic carbocycles. The van der Waals surface area contributed by atoms with E-state index in [1.54, 1.807) is 30.5 Å². The van der Waals surface area contributed by atoms with Crippen LogP contribution in [0.25, 0.3) is 16.6 Å². The number of hydrogen-bond donors (Lipinski definition) is 0. The Morgan fingerprint density at radius 3 is 2.50 bits per heavy atom. The number of nitrogens with zero attached hydrogens (tertiary/aromatic N) is 4. The normalized spacial score (nSPS) is 12.2. The van der Waals surface area contributed by atoms with E-state index in [2.05, 4.69) is 21.0 Å². The summed E-state index contributed by atoms with van der Waals surface area (Å²) in [5.41, 5.74) is 2.98. The highest BCUT2D eigenvalue weighted by molar-refractivity contribution is 9.10. The summed E-state index contributed by atoms with van der Waals surface area (Å²) in [7, 11) is 0. The molecule has 0 bridgehead atoms. The van der Waals surface area contributed by atoms with Crippen LogP contribution in [-0.2, 0) is 5.41 Å².